The van der Waals surface area contributed by atoms with Crippen molar-refractivity contribution in [2.24, 2.45) is 0 Å². The Balaban J connectivity index is 2.97. The molecule has 5 nitrogen and oxygen atoms in total. The predicted octanol–water partition coefficient (Wildman–Crippen LogP) is 4.10. The fourth-order valence-corrected chi connectivity index (χ4v) is 4.45. The van der Waals surface area contributed by atoms with Crippen molar-refractivity contribution in [1.29, 1.82) is 0 Å². The Kier molecular flexibility index (Phi) is 4.43. The van der Waals surface area contributed by atoms with Crippen LogP contribution in [0, 0.1) is 10.1 Å². The van der Waals surface area contributed by atoms with Crippen molar-refractivity contribution in [1.82, 2.24) is 0 Å². The molecule has 0 aliphatic carbocycles. The average molecular weight is 352 g/mol. The first-order chi connectivity index (χ1) is 10.2. The van der Waals surface area contributed by atoms with Crippen LogP contribution >= 0.6 is 22.7 Å². The second-order valence-electron chi connectivity index (χ2n) is 4.33. The molecular weight excluding hydrogens is 341 g/mol. The fourth-order valence-electron chi connectivity index (χ4n) is 2.20. The molecule has 1 aromatic heterocycles. The number of nitrogens with zero attached hydrogens (tertiary/aromatic N) is 2. The molecule has 0 unspecified atom stereocenters. The highest BCUT2D eigenvalue weighted by molar-refractivity contribution is 7.36. The smallest absolute Gasteiger partial charge is 0.365 e. The maximum absolute atomic E-state index is 13.1. The summed E-state index contributed by atoms with van der Waals surface area (Å²) in [6, 6.07) is 0.526. The third-order valence-corrected chi connectivity index (χ3v) is 5.33. The summed E-state index contributed by atoms with van der Waals surface area (Å²) in [6.07, 6.45) is -4.76. The number of fused-ring (bicyclic) bond motifs is 1. The molecule has 0 aliphatic heterocycles. The minimum Gasteiger partial charge on any atom is -0.365 e. The van der Waals surface area contributed by atoms with Crippen molar-refractivity contribution in [3.8, 4) is 0 Å². The number of rotatable bonds is 4. The topological polar surface area (TPSA) is 63.4 Å². The van der Waals surface area contributed by atoms with Gasteiger partial charge in [0.2, 0.25) is 0 Å². The largest absolute Gasteiger partial charge is 0.418 e. The normalized spacial score (nSPS) is 11.9. The van der Waals surface area contributed by atoms with E-state index in [4.69, 9.17) is 0 Å². The van der Waals surface area contributed by atoms with Crippen molar-refractivity contribution in [2.45, 2.75) is 20.0 Å². The number of alkyl halides is 3. The molecular formula is C12H11F3N2O3S2. The zero-order valence-electron chi connectivity index (χ0n) is 11.6. The molecule has 10 heteroatoms. The highest BCUT2D eigenvalue weighted by Gasteiger charge is 2.38. The van der Waals surface area contributed by atoms with E-state index in [1.165, 1.54) is 0 Å². The average Bonchev–Trinajstić information content (AvgIpc) is 2.79. The Morgan fingerprint density at radius 2 is 1.77 bits per heavy atom. The quantitative estimate of drug-likeness (QED) is 0.614. The van der Waals surface area contributed by atoms with Crippen LogP contribution in [0.25, 0.3) is 9.40 Å². The lowest BCUT2D eigenvalue weighted by Crippen LogP contribution is -2.23. The second-order valence-corrected chi connectivity index (χ2v) is 6.56. The standard InChI is InChI=1S/C12H11F3N2O3S2/c1-3-16(4-2)8-7(17(19)20)5-6(12(13,14)15)9-10(8)22-11(18)21-9/h5H,3-4H2,1-2H3. The molecule has 0 fully saturated rings. The Labute approximate surface area is 130 Å². The third kappa shape index (κ3) is 2.80. The summed E-state index contributed by atoms with van der Waals surface area (Å²) in [4.78, 5) is 23.6. The molecule has 2 rings (SSSR count). The summed E-state index contributed by atoms with van der Waals surface area (Å²) in [7, 11) is 0. The van der Waals surface area contributed by atoms with Crippen molar-refractivity contribution in [3.05, 3.63) is 30.6 Å². The summed E-state index contributed by atoms with van der Waals surface area (Å²) in [5.41, 5.74) is -1.67. The molecule has 0 amide bonds. The molecule has 2 aromatic rings. The van der Waals surface area contributed by atoms with Gasteiger partial charge in [-0.2, -0.15) is 13.2 Å². The van der Waals surface area contributed by atoms with E-state index in [1.807, 2.05) is 0 Å². The molecule has 1 heterocycles. The van der Waals surface area contributed by atoms with Gasteiger partial charge >= 0.3 is 6.18 Å². The van der Waals surface area contributed by atoms with E-state index in [-0.39, 0.29) is 15.1 Å². The van der Waals surface area contributed by atoms with Crippen LogP contribution < -0.4 is 8.96 Å². The van der Waals surface area contributed by atoms with Gasteiger partial charge in [0, 0.05) is 19.2 Å². The predicted molar refractivity (Wildman–Crippen MR) is 81.2 cm³/mol. The lowest BCUT2D eigenvalue weighted by molar-refractivity contribution is -0.384. The number of nitro benzene ring substituents is 1. The van der Waals surface area contributed by atoms with Gasteiger partial charge in [0.25, 0.3) is 9.74 Å². The number of hydrogen-bond donors (Lipinski definition) is 0. The highest BCUT2D eigenvalue weighted by Crippen LogP contribution is 2.46. The van der Waals surface area contributed by atoms with E-state index in [9.17, 15) is 28.1 Å². The minimum atomic E-state index is -4.76. The summed E-state index contributed by atoms with van der Waals surface area (Å²) in [6.45, 7) is 4.25. The SMILES string of the molecule is CCN(CC)c1c([N+](=O)[O-])cc(C(F)(F)F)c2sc(=O)sc12. The third-order valence-electron chi connectivity index (χ3n) is 3.14. The molecule has 0 spiro atoms. The lowest BCUT2D eigenvalue weighted by atomic mass is 10.1. The van der Waals surface area contributed by atoms with Gasteiger partial charge in [-0.3, -0.25) is 14.9 Å². The van der Waals surface area contributed by atoms with Crippen molar-refractivity contribution in [3.63, 3.8) is 0 Å². The van der Waals surface area contributed by atoms with Crippen LogP contribution in [0.3, 0.4) is 0 Å². The van der Waals surface area contributed by atoms with Gasteiger partial charge in [0.15, 0.2) is 0 Å². The minimum absolute atomic E-state index is 0.0280. The van der Waals surface area contributed by atoms with E-state index >= 15 is 0 Å². The van der Waals surface area contributed by atoms with Crippen LogP contribution in [0.4, 0.5) is 24.5 Å². The van der Waals surface area contributed by atoms with Gasteiger partial charge in [0.05, 0.1) is 19.9 Å². The summed E-state index contributed by atoms with van der Waals surface area (Å²) in [5, 5.41) is 11.2. The van der Waals surface area contributed by atoms with Crippen LogP contribution in [0.5, 0.6) is 0 Å². The number of benzene rings is 1. The van der Waals surface area contributed by atoms with Crippen molar-refractivity contribution >= 4 is 43.4 Å². The highest BCUT2D eigenvalue weighted by atomic mass is 32.2. The van der Waals surface area contributed by atoms with Crippen LogP contribution in [0.2, 0.25) is 0 Å². The first kappa shape index (κ1) is 16.7. The Bertz CT molecular complexity index is 778. The zero-order valence-corrected chi connectivity index (χ0v) is 13.2. The molecule has 0 N–H and O–H groups in total. The summed E-state index contributed by atoms with van der Waals surface area (Å²) >= 11 is 1.09. The molecule has 22 heavy (non-hydrogen) atoms. The van der Waals surface area contributed by atoms with E-state index < -0.39 is 26.4 Å². The number of hydrogen-bond acceptors (Lipinski definition) is 6. The summed E-state index contributed by atoms with van der Waals surface area (Å²) in [5.74, 6) is 0. The van der Waals surface area contributed by atoms with E-state index in [0.29, 0.717) is 41.8 Å². The molecule has 1 aromatic carbocycles. The van der Waals surface area contributed by atoms with Crippen molar-refractivity contribution < 1.29 is 18.1 Å². The van der Waals surface area contributed by atoms with Crippen LogP contribution in [-0.4, -0.2) is 18.0 Å². The van der Waals surface area contributed by atoms with Crippen LogP contribution in [0.1, 0.15) is 19.4 Å². The maximum Gasteiger partial charge on any atom is 0.418 e. The Morgan fingerprint density at radius 3 is 2.23 bits per heavy atom. The van der Waals surface area contributed by atoms with E-state index in [1.54, 1.807) is 18.7 Å². The fraction of sp³-hybridized carbons (Fsp3) is 0.417. The van der Waals surface area contributed by atoms with Gasteiger partial charge < -0.3 is 4.90 Å². The monoisotopic (exact) mass is 352 g/mol. The Hall–Kier alpha value is -1.68. The molecule has 0 aliphatic rings. The second kappa shape index (κ2) is 5.84. The van der Waals surface area contributed by atoms with Gasteiger partial charge in [0.1, 0.15) is 5.69 Å². The number of nitro groups is 1. The van der Waals surface area contributed by atoms with Crippen molar-refractivity contribution in [2.75, 3.05) is 18.0 Å². The van der Waals surface area contributed by atoms with Crippen LogP contribution in [-0.2, 0) is 6.18 Å². The molecule has 0 bridgehead atoms. The first-order valence-corrected chi connectivity index (χ1v) is 7.91. The van der Waals surface area contributed by atoms with Crippen LogP contribution in [0.15, 0.2) is 10.9 Å². The number of halogens is 3. The number of anilines is 1. The van der Waals surface area contributed by atoms with Gasteiger partial charge in [-0.15, -0.1) is 0 Å². The zero-order chi connectivity index (χ0) is 16.7. The van der Waals surface area contributed by atoms with E-state index in [0.717, 1.165) is 0 Å². The van der Waals surface area contributed by atoms with Gasteiger partial charge in [-0.05, 0) is 13.8 Å². The molecule has 0 saturated heterocycles. The summed E-state index contributed by atoms with van der Waals surface area (Å²) < 4.78 is 38.7. The first-order valence-electron chi connectivity index (χ1n) is 6.27. The molecule has 120 valence electrons. The van der Waals surface area contributed by atoms with E-state index in [2.05, 4.69) is 0 Å². The molecule has 0 saturated carbocycles. The molecule has 0 atom stereocenters. The van der Waals surface area contributed by atoms with Gasteiger partial charge in [-0.1, -0.05) is 22.7 Å². The maximum atomic E-state index is 13.1. The molecule has 0 radical (unpaired) electrons. The Morgan fingerprint density at radius 1 is 1.23 bits per heavy atom. The van der Waals surface area contributed by atoms with Gasteiger partial charge in [-0.25, -0.2) is 0 Å². The lowest BCUT2D eigenvalue weighted by Gasteiger charge is -2.22.